The van der Waals surface area contributed by atoms with Crippen molar-refractivity contribution in [3.05, 3.63) is 70.4 Å². The molecule has 7 nitrogen and oxygen atoms in total. The lowest BCUT2D eigenvalue weighted by molar-refractivity contribution is -0.136. The van der Waals surface area contributed by atoms with Gasteiger partial charge in [-0.15, -0.1) is 11.3 Å². The van der Waals surface area contributed by atoms with Crippen LogP contribution in [0.25, 0.3) is 0 Å². The van der Waals surface area contributed by atoms with Crippen LogP contribution in [0, 0.1) is 0 Å². The number of nitrogens with one attached hydrogen (secondary N) is 2. The molecule has 0 fully saturated rings. The van der Waals surface area contributed by atoms with Gasteiger partial charge in [-0.05, 0) is 41.6 Å². The number of anilines is 2. The van der Waals surface area contributed by atoms with E-state index in [2.05, 4.69) is 33.7 Å². The number of hydrogen-bond donors (Lipinski definition) is 2. The fraction of sp³-hybridized carbons (Fsp3) is 0.250. The Balaban J connectivity index is 1.25. The Morgan fingerprint density at radius 1 is 1.00 bits per heavy atom. The zero-order valence-electron chi connectivity index (χ0n) is 17.4. The average Bonchev–Trinajstić information content (AvgIpc) is 3.50. The normalized spacial score (nSPS) is 15.1. The SMILES string of the molecule is O=C(NCC(c1cccs1)N1CCc2ccccc21)C(=O)Nc1ccc2c(c1)OCCO2. The number of fused-ring (bicyclic) bond motifs is 2. The van der Waals surface area contributed by atoms with Crippen molar-refractivity contribution < 1.29 is 19.1 Å². The predicted molar refractivity (Wildman–Crippen MR) is 124 cm³/mol. The van der Waals surface area contributed by atoms with Gasteiger partial charge in [0, 0.05) is 35.4 Å². The predicted octanol–water partition coefficient (Wildman–Crippen LogP) is 3.38. The number of nitrogens with zero attached hydrogens (tertiary/aromatic N) is 1. The lowest BCUT2D eigenvalue weighted by Crippen LogP contribution is -2.41. The third kappa shape index (κ3) is 4.13. The fourth-order valence-electron chi connectivity index (χ4n) is 4.11. The molecule has 1 atom stereocenters. The average molecular weight is 450 g/mol. The molecule has 0 saturated carbocycles. The van der Waals surface area contributed by atoms with Crippen molar-refractivity contribution in [2.45, 2.75) is 12.5 Å². The Morgan fingerprint density at radius 3 is 2.69 bits per heavy atom. The second-order valence-corrected chi connectivity index (χ2v) is 8.61. The molecule has 0 spiro atoms. The topological polar surface area (TPSA) is 79.9 Å². The highest BCUT2D eigenvalue weighted by atomic mass is 32.1. The van der Waals surface area contributed by atoms with Crippen molar-refractivity contribution in [3.63, 3.8) is 0 Å². The summed E-state index contributed by atoms with van der Waals surface area (Å²) in [6.07, 6.45) is 0.969. The van der Waals surface area contributed by atoms with E-state index in [4.69, 9.17) is 9.47 Å². The Kier molecular flexibility index (Phi) is 5.68. The van der Waals surface area contributed by atoms with Gasteiger partial charge in [-0.1, -0.05) is 24.3 Å². The molecule has 0 aliphatic carbocycles. The molecular formula is C24H23N3O4S. The van der Waals surface area contributed by atoms with E-state index in [9.17, 15) is 9.59 Å². The van der Waals surface area contributed by atoms with Crippen molar-refractivity contribution in [1.29, 1.82) is 0 Å². The fourth-order valence-corrected chi connectivity index (χ4v) is 4.95. The first-order valence-electron chi connectivity index (χ1n) is 10.6. The van der Waals surface area contributed by atoms with E-state index >= 15 is 0 Å². The summed E-state index contributed by atoms with van der Waals surface area (Å²) in [6, 6.07) is 17.4. The standard InChI is InChI=1S/C24H23N3O4S/c28-23(24(29)26-17-7-8-20-21(14-17)31-12-11-30-20)25-15-19(22-6-3-13-32-22)27-10-9-16-4-1-2-5-18(16)27/h1-8,13-14,19H,9-12,15H2,(H,25,28)(H,26,29). The highest BCUT2D eigenvalue weighted by molar-refractivity contribution is 7.10. The number of rotatable bonds is 5. The lowest BCUT2D eigenvalue weighted by Gasteiger charge is -2.30. The Labute approximate surface area is 190 Å². The molecule has 0 saturated heterocycles. The highest BCUT2D eigenvalue weighted by Crippen LogP contribution is 2.36. The Hall–Kier alpha value is -3.52. The zero-order chi connectivity index (χ0) is 21.9. The maximum Gasteiger partial charge on any atom is 0.313 e. The van der Waals surface area contributed by atoms with Gasteiger partial charge in [0.1, 0.15) is 13.2 Å². The van der Waals surface area contributed by atoms with Crippen LogP contribution >= 0.6 is 11.3 Å². The number of para-hydroxylation sites is 1. The second kappa shape index (κ2) is 8.92. The molecule has 3 heterocycles. The van der Waals surface area contributed by atoms with Crippen molar-refractivity contribution in [2.75, 3.05) is 36.5 Å². The van der Waals surface area contributed by atoms with E-state index in [1.807, 2.05) is 23.6 Å². The number of carbonyl (C=O) groups excluding carboxylic acids is 2. The third-order valence-electron chi connectivity index (χ3n) is 5.63. The molecule has 2 amide bonds. The van der Waals surface area contributed by atoms with Crippen LogP contribution in [0.4, 0.5) is 11.4 Å². The second-order valence-electron chi connectivity index (χ2n) is 7.63. The largest absolute Gasteiger partial charge is 0.486 e. The number of benzene rings is 2. The Morgan fingerprint density at radius 2 is 1.84 bits per heavy atom. The molecule has 8 heteroatoms. The van der Waals surface area contributed by atoms with Crippen molar-refractivity contribution in [3.8, 4) is 11.5 Å². The van der Waals surface area contributed by atoms with Gasteiger partial charge in [-0.3, -0.25) is 9.59 Å². The molecule has 164 valence electrons. The first kappa shape index (κ1) is 20.4. The zero-order valence-corrected chi connectivity index (χ0v) is 18.2. The number of hydrogen-bond acceptors (Lipinski definition) is 6. The lowest BCUT2D eigenvalue weighted by atomic mass is 10.1. The molecule has 2 N–H and O–H groups in total. The summed E-state index contributed by atoms with van der Waals surface area (Å²) < 4.78 is 11.0. The minimum absolute atomic E-state index is 0.0373. The summed E-state index contributed by atoms with van der Waals surface area (Å²) in [5, 5.41) is 7.49. The van der Waals surface area contributed by atoms with Crippen LogP contribution in [0.3, 0.4) is 0 Å². The number of amides is 2. The summed E-state index contributed by atoms with van der Waals surface area (Å²) in [6.45, 7) is 2.16. The molecule has 2 aliphatic heterocycles. The minimum Gasteiger partial charge on any atom is -0.486 e. The number of carbonyl (C=O) groups is 2. The molecule has 0 radical (unpaired) electrons. The molecule has 32 heavy (non-hydrogen) atoms. The molecule has 0 bridgehead atoms. The van der Waals surface area contributed by atoms with Gasteiger partial charge >= 0.3 is 11.8 Å². The maximum atomic E-state index is 12.6. The van der Waals surface area contributed by atoms with Crippen LogP contribution in [-0.2, 0) is 16.0 Å². The van der Waals surface area contributed by atoms with Crippen LogP contribution in [0.5, 0.6) is 11.5 Å². The van der Waals surface area contributed by atoms with Gasteiger partial charge in [-0.25, -0.2) is 0 Å². The van der Waals surface area contributed by atoms with Crippen LogP contribution in [0.2, 0.25) is 0 Å². The van der Waals surface area contributed by atoms with Gasteiger partial charge in [0.25, 0.3) is 0 Å². The van der Waals surface area contributed by atoms with Crippen LogP contribution in [0.1, 0.15) is 16.5 Å². The third-order valence-corrected chi connectivity index (χ3v) is 6.61. The van der Waals surface area contributed by atoms with Crippen LogP contribution < -0.4 is 25.0 Å². The van der Waals surface area contributed by atoms with Gasteiger partial charge < -0.3 is 25.0 Å². The van der Waals surface area contributed by atoms with Crippen molar-refractivity contribution in [1.82, 2.24) is 5.32 Å². The summed E-state index contributed by atoms with van der Waals surface area (Å²) in [4.78, 5) is 28.5. The van der Waals surface area contributed by atoms with Crippen LogP contribution in [0.15, 0.2) is 60.0 Å². The molecule has 3 aromatic rings. The highest BCUT2D eigenvalue weighted by Gasteiger charge is 2.28. The summed E-state index contributed by atoms with van der Waals surface area (Å²) in [5.41, 5.74) is 2.97. The molecule has 1 unspecified atom stereocenters. The van der Waals surface area contributed by atoms with Crippen molar-refractivity contribution >= 4 is 34.5 Å². The van der Waals surface area contributed by atoms with Gasteiger partial charge in [0.15, 0.2) is 11.5 Å². The van der Waals surface area contributed by atoms with E-state index in [0.29, 0.717) is 36.9 Å². The Bertz CT molecular complexity index is 1130. The minimum atomic E-state index is -0.714. The maximum absolute atomic E-state index is 12.6. The first-order chi connectivity index (χ1) is 15.7. The van der Waals surface area contributed by atoms with E-state index in [-0.39, 0.29) is 6.04 Å². The van der Waals surface area contributed by atoms with Crippen molar-refractivity contribution in [2.24, 2.45) is 0 Å². The number of thiophene rings is 1. The molecular weight excluding hydrogens is 426 g/mol. The van der Waals surface area contributed by atoms with Gasteiger partial charge in [0.2, 0.25) is 0 Å². The van der Waals surface area contributed by atoms with E-state index in [1.54, 1.807) is 29.5 Å². The van der Waals surface area contributed by atoms with Gasteiger partial charge in [-0.2, -0.15) is 0 Å². The summed E-state index contributed by atoms with van der Waals surface area (Å²) in [7, 11) is 0. The van der Waals surface area contributed by atoms with E-state index in [0.717, 1.165) is 17.8 Å². The molecule has 2 aliphatic rings. The molecule has 1 aromatic heterocycles. The quantitative estimate of drug-likeness (QED) is 0.584. The smallest absolute Gasteiger partial charge is 0.313 e. The summed E-state index contributed by atoms with van der Waals surface area (Å²) >= 11 is 1.65. The van der Waals surface area contributed by atoms with Crippen LogP contribution in [-0.4, -0.2) is 38.1 Å². The summed E-state index contributed by atoms with van der Waals surface area (Å²) in [5.74, 6) is -0.203. The molecule has 2 aromatic carbocycles. The monoisotopic (exact) mass is 449 g/mol. The number of ether oxygens (including phenoxy) is 2. The van der Waals surface area contributed by atoms with E-state index < -0.39 is 11.8 Å². The molecule has 5 rings (SSSR count). The van der Waals surface area contributed by atoms with Gasteiger partial charge in [0.05, 0.1) is 6.04 Å². The van der Waals surface area contributed by atoms with E-state index in [1.165, 1.54) is 11.3 Å². The first-order valence-corrected chi connectivity index (χ1v) is 11.4.